The Morgan fingerprint density at radius 1 is 0.968 bits per heavy atom. The van der Waals surface area contributed by atoms with Gasteiger partial charge in [0.05, 0.1) is 18.3 Å². The maximum Gasteiger partial charge on any atom is 0.161 e. The number of fused-ring (bicyclic) bond motifs is 5. The summed E-state index contributed by atoms with van der Waals surface area (Å²) < 4.78 is 6.89. The molecule has 63 heavy (non-hydrogen) atoms. The largest absolute Gasteiger partial charge is 0.504 e. The van der Waals surface area contributed by atoms with E-state index in [1.54, 1.807) is 21.6 Å². The first-order chi connectivity index (χ1) is 30.6. The van der Waals surface area contributed by atoms with Crippen LogP contribution in [0.5, 0.6) is 11.5 Å². The Bertz CT molecular complexity index is 2160. The van der Waals surface area contributed by atoms with E-state index in [1.807, 2.05) is 24.4 Å². The fourth-order valence-corrected chi connectivity index (χ4v) is 13.6. The van der Waals surface area contributed by atoms with E-state index in [0.29, 0.717) is 55.5 Å². The van der Waals surface area contributed by atoms with Gasteiger partial charge in [0.2, 0.25) is 0 Å². The second kappa shape index (κ2) is 21.0. The van der Waals surface area contributed by atoms with Gasteiger partial charge in [0.25, 0.3) is 0 Å². The molecule has 3 heterocycles. The summed E-state index contributed by atoms with van der Waals surface area (Å²) in [4.78, 5) is 3.37. The van der Waals surface area contributed by atoms with Crippen molar-refractivity contribution in [3.8, 4) is 23.3 Å². The van der Waals surface area contributed by atoms with Gasteiger partial charge in [-0.1, -0.05) is 108 Å². The quantitative estimate of drug-likeness (QED) is 0.0604. The molecule has 11 heteroatoms. The fourth-order valence-electron chi connectivity index (χ4n) is 11.1. The van der Waals surface area contributed by atoms with E-state index in [0.717, 1.165) is 66.5 Å². The minimum Gasteiger partial charge on any atom is -0.504 e. The molecule has 5 aliphatic rings. The van der Waals surface area contributed by atoms with Crippen LogP contribution in [0.4, 0.5) is 0 Å². The Hall–Kier alpha value is -3.76. The molecule has 9 N–H and O–H groups in total. The van der Waals surface area contributed by atoms with Crippen molar-refractivity contribution >= 4 is 21.6 Å². The van der Waals surface area contributed by atoms with Crippen LogP contribution in [0.25, 0.3) is 0 Å². The molecule has 0 amide bonds. The first-order valence-corrected chi connectivity index (χ1v) is 25.8. The zero-order valence-corrected chi connectivity index (χ0v) is 38.4. The molecular weight excluding hydrogens is 827 g/mol. The molecule has 9 nitrogen and oxygen atoms in total. The number of hydrogen-bond donors (Lipinski definition) is 8. The van der Waals surface area contributed by atoms with Crippen LogP contribution in [0.15, 0.2) is 95.5 Å². The lowest BCUT2D eigenvalue weighted by atomic mass is 9.70. The highest BCUT2D eigenvalue weighted by atomic mass is 33.1. The monoisotopic (exact) mass is 893 g/mol. The number of H-pyrrole nitrogens is 1. The van der Waals surface area contributed by atoms with Crippen LogP contribution in [0.3, 0.4) is 0 Å². The lowest BCUT2D eigenvalue weighted by molar-refractivity contribution is -0.0214. The van der Waals surface area contributed by atoms with Crippen LogP contribution in [-0.2, 0) is 19.3 Å². The van der Waals surface area contributed by atoms with Crippen LogP contribution < -0.4 is 15.8 Å². The van der Waals surface area contributed by atoms with Gasteiger partial charge in [-0.3, -0.25) is 0 Å². The van der Waals surface area contributed by atoms with Crippen molar-refractivity contribution in [2.75, 3.05) is 24.7 Å². The number of aromatic hydroxyl groups is 1. The van der Waals surface area contributed by atoms with E-state index in [9.17, 15) is 25.5 Å². The van der Waals surface area contributed by atoms with E-state index < -0.39 is 36.3 Å². The number of rotatable bonds is 9. The van der Waals surface area contributed by atoms with E-state index in [-0.39, 0.29) is 47.7 Å². The number of aromatic amines is 1. The van der Waals surface area contributed by atoms with Gasteiger partial charge in [0.15, 0.2) is 11.5 Å². The molecule has 8 rings (SSSR count). The molecule has 2 aromatic carbocycles. The first kappa shape index (κ1) is 45.8. The highest BCUT2D eigenvalue weighted by Crippen LogP contribution is 2.51. The number of nitrogens with two attached hydrogens (primary N) is 1. The van der Waals surface area contributed by atoms with Crippen molar-refractivity contribution in [2.24, 2.45) is 47.2 Å². The Balaban J connectivity index is 1.14. The molecular formula is C52H67N3O6S2. The molecule has 3 aromatic rings. The van der Waals surface area contributed by atoms with Crippen molar-refractivity contribution in [3.63, 3.8) is 0 Å². The van der Waals surface area contributed by atoms with Crippen molar-refractivity contribution in [2.45, 2.75) is 108 Å². The zero-order chi connectivity index (χ0) is 44.0. The summed E-state index contributed by atoms with van der Waals surface area (Å²) in [5.41, 5.74) is 14.4. The topological polar surface area (TPSA) is 164 Å². The van der Waals surface area contributed by atoms with Gasteiger partial charge < -0.3 is 46.3 Å². The van der Waals surface area contributed by atoms with Gasteiger partial charge in [-0.25, -0.2) is 0 Å². The Morgan fingerprint density at radius 3 is 2.57 bits per heavy atom. The fraction of sp³-hybridized carbons (Fsp3) is 0.538. The number of dihydropyridines is 1. The number of allylic oxidation sites excluding steroid dienone is 3. The number of hydrogen-bond acceptors (Lipinski definition) is 10. The van der Waals surface area contributed by atoms with Crippen LogP contribution in [0.1, 0.15) is 87.1 Å². The highest BCUT2D eigenvalue weighted by molar-refractivity contribution is 8.76. The van der Waals surface area contributed by atoms with Gasteiger partial charge in [-0.2, -0.15) is 0 Å². The molecule has 0 unspecified atom stereocenters. The van der Waals surface area contributed by atoms with E-state index in [1.165, 1.54) is 11.1 Å². The van der Waals surface area contributed by atoms with Gasteiger partial charge in [0.1, 0.15) is 11.9 Å². The highest BCUT2D eigenvalue weighted by Gasteiger charge is 2.43. The van der Waals surface area contributed by atoms with Crippen molar-refractivity contribution in [3.05, 3.63) is 118 Å². The summed E-state index contributed by atoms with van der Waals surface area (Å²) in [7, 11) is 3.28. The standard InChI is InChI=1S/C52H67N3O6S2/c1-3-33-21-36-24-46(58)48(61-49-25-37(22-39-13-9-18-54-39)40-17-19-55-52(53)44(40)30-63-62-29-38(28-56)51(49)60)27-42(36)43-26-47(59)50-35(23-41(33)43)16-15-34(12-7-8-14-45(50)57)31(2)20-32-10-5-4-6-11-32/h4-6,9-11,13,17-18,23-24,27,31,33-35,37-38,43,45,47,49-51,54-60H,3,7-8,12,14,19-22,25-26,28-30,53H2,1-2H3/t31-,33+,34+,35+,37-,38+,43+,45+,47-,49+,50-,51+/m1/s1. The average molecular weight is 894 g/mol. The number of phenols is 1. The molecule has 1 fully saturated rings. The SMILES string of the molecule is CC[C@H]1Cc2cc(O)c(O[C@H]3C[C@@H](Cc4ccc[nH]4)C4=CCNC(N)=C4CSSC[C@H](CO)[C@@H]3O)cc2[C@H]2C[C@@H](O)[C@@H]3[C@@H](C#C[C@@H]([C@H](C)Cc4ccccc4)CCCC[C@@H]3O)C=C12. The molecule has 338 valence electrons. The number of nitrogens with one attached hydrogen (secondary N) is 2. The number of benzene rings is 2. The van der Waals surface area contributed by atoms with Gasteiger partial charge in [-0.05, 0) is 116 Å². The van der Waals surface area contributed by atoms with E-state index >= 15 is 0 Å². The minimum absolute atomic E-state index is 0.00938. The van der Waals surface area contributed by atoms with Gasteiger partial charge in [0, 0.05) is 71.7 Å². The molecule has 1 aromatic heterocycles. The lowest BCUT2D eigenvalue weighted by Crippen LogP contribution is -2.42. The summed E-state index contributed by atoms with van der Waals surface area (Å²) in [6, 6.07) is 18.5. The van der Waals surface area contributed by atoms with E-state index in [2.05, 4.69) is 84.5 Å². The van der Waals surface area contributed by atoms with Crippen LogP contribution in [0, 0.1) is 53.3 Å². The molecule has 12 atom stereocenters. The molecule has 0 radical (unpaired) electrons. The summed E-state index contributed by atoms with van der Waals surface area (Å²) >= 11 is 0. The van der Waals surface area contributed by atoms with Crippen LogP contribution in [-0.4, -0.2) is 79.6 Å². The number of aliphatic hydroxyl groups excluding tert-OH is 4. The van der Waals surface area contributed by atoms with Crippen molar-refractivity contribution in [1.29, 1.82) is 0 Å². The lowest BCUT2D eigenvalue weighted by Gasteiger charge is -2.36. The predicted molar refractivity (Wildman–Crippen MR) is 255 cm³/mol. The molecule has 2 aliphatic heterocycles. The summed E-state index contributed by atoms with van der Waals surface area (Å²) in [5.74, 6) is 8.88. The van der Waals surface area contributed by atoms with Crippen LogP contribution in [0.2, 0.25) is 0 Å². The Kier molecular flexibility index (Phi) is 15.3. The molecule has 0 spiro atoms. The summed E-state index contributed by atoms with van der Waals surface area (Å²) in [5, 5.41) is 61.9. The van der Waals surface area contributed by atoms with Gasteiger partial charge >= 0.3 is 0 Å². The third-order valence-electron chi connectivity index (χ3n) is 14.7. The molecule has 3 aliphatic carbocycles. The normalized spacial score (nSPS) is 31.9. The number of ether oxygens (including phenoxy) is 1. The smallest absolute Gasteiger partial charge is 0.161 e. The summed E-state index contributed by atoms with van der Waals surface area (Å²) in [6.45, 7) is 4.90. The second-order valence-electron chi connectivity index (χ2n) is 18.8. The third kappa shape index (κ3) is 10.5. The molecule has 0 saturated carbocycles. The average Bonchev–Trinajstić information content (AvgIpc) is 3.74. The predicted octanol–water partition coefficient (Wildman–Crippen LogP) is 7.80. The van der Waals surface area contributed by atoms with Crippen LogP contribution >= 0.6 is 21.6 Å². The number of aromatic nitrogens is 1. The van der Waals surface area contributed by atoms with Gasteiger partial charge in [-0.15, -0.1) is 0 Å². The third-order valence-corrected chi connectivity index (χ3v) is 17.1. The Morgan fingerprint density at radius 2 is 1.79 bits per heavy atom. The summed E-state index contributed by atoms with van der Waals surface area (Å²) in [6.07, 6.45) is 10.7. The minimum atomic E-state index is -1.03. The van der Waals surface area contributed by atoms with E-state index in [4.69, 9.17) is 10.5 Å². The zero-order valence-electron chi connectivity index (χ0n) is 36.8. The first-order valence-electron chi connectivity index (χ1n) is 23.3. The Labute approximate surface area is 381 Å². The van der Waals surface area contributed by atoms with Crippen molar-refractivity contribution < 1.29 is 30.3 Å². The molecule has 0 bridgehead atoms. The number of phenolic OH excluding ortho intramolecular Hbond substituents is 1. The van der Waals surface area contributed by atoms with Crippen molar-refractivity contribution in [1.82, 2.24) is 10.3 Å². The second-order valence-corrected chi connectivity index (χ2v) is 21.3. The maximum absolute atomic E-state index is 12.3. The maximum atomic E-state index is 12.3. The molecule has 1 saturated heterocycles. The number of aliphatic hydroxyl groups is 4.